The molecule has 2 aromatic heterocycles. The van der Waals surface area contributed by atoms with E-state index in [9.17, 15) is 14.7 Å². The number of rotatable bonds is 11. The van der Waals surface area contributed by atoms with E-state index in [1.54, 1.807) is 49.4 Å². The van der Waals surface area contributed by atoms with E-state index >= 15 is 0 Å². The van der Waals surface area contributed by atoms with Crippen LogP contribution in [0.4, 0.5) is 5.13 Å². The number of benzene rings is 2. The van der Waals surface area contributed by atoms with Crippen molar-refractivity contribution in [1.29, 1.82) is 0 Å². The highest BCUT2D eigenvalue weighted by atomic mass is 32.1. The Hall–Kier alpha value is -4.38. The van der Waals surface area contributed by atoms with Gasteiger partial charge in [-0.05, 0) is 56.0 Å². The average molecular weight is 578 g/mol. The van der Waals surface area contributed by atoms with Crippen molar-refractivity contribution in [2.75, 3.05) is 25.2 Å². The molecule has 0 bridgehead atoms. The number of ether oxygens (including phenoxy) is 3. The highest BCUT2D eigenvalue weighted by molar-refractivity contribution is 7.15. The fourth-order valence-corrected chi connectivity index (χ4v) is 5.38. The number of methoxy groups -OCH3 is 1. The van der Waals surface area contributed by atoms with Crippen molar-refractivity contribution in [3.8, 4) is 17.2 Å². The van der Waals surface area contributed by atoms with E-state index in [1.807, 2.05) is 6.92 Å². The lowest BCUT2D eigenvalue weighted by Gasteiger charge is -2.25. The van der Waals surface area contributed by atoms with Crippen molar-refractivity contribution >= 4 is 39.1 Å². The minimum atomic E-state index is -1.03. The maximum absolute atomic E-state index is 14.0. The van der Waals surface area contributed by atoms with Gasteiger partial charge in [-0.1, -0.05) is 43.4 Å². The monoisotopic (exact) mass is 577 g/mol. The quantitative estimate of drug-likeness (QED) is 0.207. The molecule has 1 N–H and O–H groups in total. The molecule has 1 aliphatic rings. The van der Waals surface area contributed by atoms with Crippen LogP contribution in [0.5, 0.6) is 17.2 Å². The SMILES string of the molecule is CCOc1cc(C2C(C(=O)c3cc4cccc(OC)c4o3)=C(O)C(=O)N2c2nnc(C)s2)ccc1OCCC(C)C. The van der Waals surface area contributed by atoms with E-state index in [0.29, 0.717) is 57.9 Å². The topological polar surface area (TPSA) is 124 Å². The van der Waals surface area contributed by atoms with E-state index in [0.717, 1.165) is 6.42 Å². The predicted octanol–water partition coefficient (Wildman–Crippen LogP) is 6.21. The average Bonchev–Trinajstić information content (AvgIpc) is 3.65. The third kappa shape index (κ3) is 5.37. The van der Waals surface area contributed by atoms with E-state index in [-0.39, 0.29) is 16.5 Å². The number of carbonyl (C=O) groups excluding carboxylic acids is 2. The van der Waals surface area contributed by atoms with Gasteiger partial charge in [0.15, 0.2) is 34.4 Å². The van der Waals surface area contributed by atoms with Gasteiger partial charge in [-0.2, -0.15) is 0 Å². The Morgan fingerprint density at radius 3 is 2.61 bits per heavy atom. The Bertz CT molecular complexity index is 1640. The number of anilines is 1. The summed E-state index contributed by atoms with van der Waals surface area (Å²) in [5.41, 5.74) is 0.765. The molecule has 3 heterocycles. The second-order valence-electron chi connectivity index (χ2n) is 9.93. The zero-order valence-corrected chi connectivity index (χ0v) is 24.3. The third-order valence-corrected chi connectivity index (χ3v) is 7.50. The molecule has 214 valence electrons. The summed E-state index contributed by atoms with van der Waals surface area (Å²) in [5, 5.41) is 20.8. The molecular weight excluding hydrogens is 546 g/mol. The number of fused-ring (bicyclic) bond motifs is 1. The van der Waals surface area contributed by atoms with Gasteiger partial charge in [0.25, 0.3) is 5.91 Å². The second-order valence-corrected chi connectivity index (χ2v) is 11.1. The lowest BCUT2D eigenvalue weighted by Crippen LogP contribution is -2.31. The Morgan fingerprint density at radius 1 is 1.12 bits per heavy atom. The third-order valence-electron chi connectivity index (χ3n) is 6.66. The Labute approximate surface area is 241 Å². The number of aryl methyl sites for hydroxylation is 1. The molecule has 10 nitrogen and oxygen atoms in total. The number of aliphatic hydroxyl groups excluding tert-OH is 1. The fourth-order valence-electron chi connectivity index (χ4n) is 4.66. The number of nitrogens with zero attached hydrogens (tertiary/aromatic N) is 3. The summed E-state index contributed by atoms with van der Waals surface area (Å²) >= 11 is 1.18. The Morgan fingerprint density at radius 2 is 1.93 bits per heavy atom. The van der Waals surface area contributed by atoms with E-state index in [1.165, 1.54) is 23.3 Å². The number of aliphatic hydroxyl groups is 1. The molecule has 1 aliphatic heterocycles. The van der Waals surface area contributed by atoms with Crippen molar-refractivity contribution in [3.05, 3.63) is 70.1 Å². The van der Waals surface area contributed by atoms with Crippen LogP contribution in [0, 0.1) is 12.8 Å². The normalized spacial score (nSPS) is 15.3. The van der Waals surface area contributed by atoms with Crippen LogP contribution >= 0.6 is 11.3 Å². The van der Waals surface area contributed by atoms with Crippen molar-refractivity contribution in [2.24, 2.45) is 5.92 Å². The van der Waals surface area contributed by atoms with Gasteiger partial charge in [0.05, 0.1) is 31.9 Å². The lowest BCUT2D eigenvalue weighted by molar-refractivity contribution is -0.117. The standard InChI is InChI=1S/C30H31N3O7S/c1-6-38-22-14-18(10-11-20(22)39-13-12-16(2)3)25-24(27(35)29(36)33(25)30-32-31-17(4)41-30)26(34)23-15-19-8-7-9-21(37-5)28(19)40-23/h7-11,14-16,25,35H,6,12-13H2,1-5H3. The summed E-state index contributed by atoms with van der Waals surface area (Å²) in [5.74, 6) is -0.201. The largest absolute Gasteiger partial charge is 0.503 e. The molecule has 41 heavy (non-hydrogen) atoms. The van der Waals surface area contributed by atoms with Crippen LogP contribution in [0.3, 0.4) is 0 Å². The molecule has 1 amide bonds. The molecule has 1 atom stereocenters. The summed E-state index contributed by atoms with van der Waals surface area (Å²) < 4.78 is 23.2. The molecule has 2 aromatic carbocycles. The Kier molecular flexibility index (Phi) is 7.98. The first kappa shape index (κ1) is 28.2. The molecule has 0 spiro atoms. The van der Waals surface area contributed by atoms with Crippen molar-refractivity contribution in [3.63, 3.8) is 0 Å². The zero-order chi connectivity index (χ0) is 29.3. The summed E-state index contributed by atoms with van der Waals surface area (Å²) in [7, 11) is 1.51. The van der Waals surface area contributed by atoms with Gasteiger partial charge >= 0.3 is 0 Å². The first-order chi connectivity index (χ1) is 19.7. The highest BCUT2D eigenvalue weighted by Crippen LogP contribution is 2.45. The summed E-state index contributed by atoms with van der Waals surface area (Å²) in [6, 6.07) is 11.0. The molecule has 5 rings (SSSR count). The molecular formula is C30H31N3O7S. The molecule has 0 saturated heterocycles. The maximum Gasteiger partial charge on any atom is 0.296 e. The van der Waals surface area contributed by atoms with Crippen LogP contribution in [-0.4, -0.2) is 47.3 Å². The zero-order valence-electron chi connectivity index (χ0n) is 23.5. The van der Waals surface area contributed by atoms with Gasteiger partial charge in [0, 0.05) is 5.39 Å². The number of aromatic nitrogens is 2. The van der Waals surface area contributed by atoms with Crippen LogP contribution in [0.2, 0.25) is 0 Å². The van der Waals surface area contributed by atoms with Gasteiger partial charge in [0.2, 0.25) is 10.9 Å². The van der Waals surface area contributed by atoms with Crippen molar-refractivity contribution in [2.45, 2.75) is 40.2 Å². The molecule has 1 unspecified atom stereocenters. The van der Waals surface area contributed by atoms with Gasteiger partial charge in [-0.3, -0.25) is 14.5 Å². The molecule has 0 fully saturated rings. The van der Waals surface area contributed by atoms with Gasteiger partial charge < -0.3 is 23.7 Å². The molecule has 0 radical (unpaired) electrons. The van der Waals surface area contributed by atoms with Crippen molar-refractivity contribution in [1.82, 2.24) is 10.2 Å². The molecule has 0 aliphatic carbocycles. The number of amides is 1. The summed E-state index contributed by atoms with van der Waals surface area (Å²) in [6.07, 6.45) is 0.867. The van der Waals surface area contributed by atoms with Crippen molar-refractivity contribution < 1.29 is 33.3 Å². The summed E-state index contributed by atoms with van der Waals surface area (Å²) in [4.78, 5) is 28.8. The number of ketones is 1. The first-order valence-electron chi connectivity index (χ1n) is 13.3. The van der Waals surface area contributed by atoms with Crippen LogP contribution in [0.25, 0.3) is 11.0 Å². The maximum atomic E-state index is 14.0. The minimum absolute atomic E-state index is 0.0437. The van der Waals surface area contributed by atoms with E-state index in [4.69, 9.17) is 18.6 Å². The van der Waals surface area contributed by atoms with Gasteiger partial charge in [-0.25, -0.2) is 0 Å². The summed E-state index contributed by atoms with van der Waals surface area (Å²) in [6.45, 7) is 8.74. The van der Waals surface area contributed by atoms with E-state index in [2.05, 4.69) is 24.0 Å². The molecule has 11 heteroatoms. The van der Waals surface area contributed by atoms with Crippen LogP contribution in [0.1, 0.15) is 54.4 Å². The number of para-hydroxylation sites is 1. The van der Waals surface area contributed by atoms with Crippen LogP contribution < -0.4 is 19.1 Å². The Balaban J connectivity index is 1.61. The molecule has 0 saturated carbocycles. The predicted molar refractivity (Wildman–Crippen MR) is 154 cm³/mol. The second kappa shape index (κ2) is 11.6. The number of carbonyl (C=O) groups is 2. The van der Waals surface area contributed by atoms with Gasteiger partial charge in [-0.15, -0.1) is 10.2 Å². The van der Waals surface area contributed by atoms with Crippen LogP contribution in [-0.2, 0) is 4.79 Å². The lowest BCUT2D eigenvalue weighted by atomic mass is 9.95. The number of hydrogen-bond acceptors (Lipinski definition) is 10. The van der Waals surface area contributed by atoms with Gasteiger partial charge in [0.1, 0.15) is 5.01 Å². The minimum Gasteiger partial charge on any atom is -0.503 e. The van der Waals surface area contributed by atoms with E-state index < -0.39 is 23.5 Å². The molecule has 4 aromatic rings. The van der Waals surface area contributed by atoms with Crippen LogP contribution in [0.15, 0.2) is 58.2 Å². The fraction of sp³-hybridized carbons (Fsp3) is 0.333. The first-order valence-corrected chi connectivity index (χ1v) is 14.1. The number of furan rings is 1. The smallest absolute Gasteiger partial charge is 0.296 e. The number of hydrogen-bond donors (Lipinski definition) is 1. The highest BCUT2D eigenvalue weighted by Gasteiger charge is 2.47. The number of Topliss-reactive ketones (excluding diaryl/α,β-unsaturated/α-hetero) is 1.